The zero-order valence-electron chi connectivity index (χ0n) is 9.93. The van der Waals surface area contributed by atoms with Crippen molar-refractivity contribution in [1.82, 2.24) is 0 Å². The smallest absolute Gasteiger partial charge is 0.135 e. The first-order chi connectivity index (χ1) is 8.12. The summed E-state index contributed by atoms with van der Waals surface area (Å²) in [6.45, 7) is 0. The normalized spacial score (nSPS) is 21.8. The highest BCUT2D eigenvalue weighted by atomic mass is 79.9. The van der Waals surface area contributed by atoms with Gasteiger partial charge in [-0.1, -0.05) is 0 Å². The minimum Gasteiger partial charge on any atom is -0.506 e. The Balaban J connectivity index is 2.13. The molecule has 2 aliphatic rings. The molecule has 0 saturated heterocycles. The van der Waals surface area contributed by atoms with Crippen LogP contribution in [0.25, 0.3) is 0 Å². The van der Waals surface area contributed by atoms with Crippen molar-refractivity contribution in [2.45, 2.75) is 50.5 Å². The molecule has 1 fully saturated rings. The molecule has 0 aliphatic heterocycles. The zero-order chi connectivity index (χ0) is 12.0. The van der Waals surface area contributed by atoms with E-state index < -0.39 is 0 Å². The van der Waals surface area contributed by atoms with Crippen molar-refractivity contribution in [3.8, 4) is 5.75 Å². The summed E-state index contributed by atoms with van der Waals surface area (Å²) in [5, 5.41) is 10.3. The van der Waals surface area contributed by atoms with Gasteiger partial charge >= 0.3 is 0 Å². The van der Waals surface area contributed by atoms with E-state index in [0.717, 1.165) is 35.7 Å². The fourth-order valence-electron chi connectivity index (χ4n) is 3.05. The molecule has 17 heavy (non-hydrogen) atoms. The highest BCUT2D eigenvalue weighted by Crippen LogP contribution is 2.47. The number of hydrogen-bond acceptors (Lipinski definition) is 2. The largest absolute Gasteiger partial charge is 0.506 e. The highest BCUT2D eigenvalue weighted by molar-refractivity contribution is 9.10. The van der Waals surface area contributed by atoms with E-state index in [4.69, 9.17) is 5.73 Å². The van der Waals surface area contributed by atoms with Gasteiger partial charge in [0.1, 0.15) is 5.75 Å². The van der Waals surface area contributed by atoms with E-state index in [2.05, 4.69) is 22.0 Å². The third-order valence-electron chi connectivity index (χ3n) is 4.34. The average molecular weight is 296 g/mol. The van der Waals surface area contributed by atoms with E-state index >= 15 is 0 Å². The van der Waals surface area contributed by atoms with Crippen molar-refractivity contribution in [2.75, 3.05) is 0 Å². The Labute approximate surface area is 110 Å². The maximum atomic E-state index is 10.3. The lowest BCUT2D eigenvalue weighted by Crippen LogP contribution is -2.43. The van der Waals surface area contributed by atoms with Gasteiger partial charge in [-0.3, -0.25) is 0 Å². The monoisotopic (exact) mass is 295 g/mol. The number of hydrogen-bond donors (Lipinski definition) is 2. The molecule has 0 amide bonds. The summed E-state index contributed by atoms with van der Waals surface area (Å²) in [7, 11) is 0. The molecule has 0 spiro atoms. The number of phenols is 1. The van der Waals surface area contributed by atoms with Gasteiger partial charge in [0.05, 0.1) is 4.47 Å². The third-order valence-corrected chi connectivity index (χ3v) is 5.19. The predicted molar refractivity (Wildman–Crippen MR) is 72.2 cm³/mol. The van der Waals surface area contributed by atoms with Crippen molar-refractivity contribution < 1.29 is 5.11 Å². The maximum Gasteiger partial charge on any atom is 0.135 e. The molecule has 3 N–H and O–H groups in total. The van der Waals surface area contributed by atoms with Gasteiger partial charge in [0.15, 0.2) is 0 Å². The van der Waals surface area contributed by atoms with Crippen molar-refractivity contribution >= 4 is 15.9 Å². The molecule has 3 rings (SSSR count). The number of halogens is 1. The van der Waals surface area contributed by atoms with Crippen LogP contribution in [0.3, 0.4) is 0 Å². The van der Waals surface area contributed by atoms with E-state index in [1.807, 2.05) is 0 Å². The molecule has 2 nitrogen and oxygen atoms in total. The number of aromatic hydroxyl groups is 1. The standard InChI is InChI=1S/C14H18BrNO/c15-12-10-5-2-1-4-9(10)8-11(13(12)17)14(16)6-3-7-14/h8,17H,1-7,16H2. The molecule has 0 bridgehead atoms. The van der Waals surface area contributed by atoms with Crippen LogP contribution in [0, 0.1) is 0 Å². The average Bonchev–Trinajstić information content (AvgIpc) is 2.31. The summed E-state index contributed by atoms with van der Waals surface area (Å²) in [6, 6.07) is 2.16. The Bertz CT molecular complexity index is 466. The molecule has 2 aliphatic carbocycles. The van der Waals surface area contributed by atoms with Crippen molar-refractivity contribution in [2.24, 2.45) is 5.73 Å². The number of benzene rings is 1. The summed E-state index contributed by atoms with van der Waals surface area (Å²) in [6.07, 6.45) is 7.82. The van der Waals surface area contributed by atoms with Crippen molar-refractivity contribution in [1.29, 1.82) is 0 Å². The van der Waals surface area contributed by atoms with E-state index in [0.29, 0.717) is 5.75 Å². The summed E-state index contributed by atoms with van der Waals surface area (Å²) in [5.74, 6) is 0.382. The van der Waals surface area contributed by atoms with Crippen molar-refractivity contribution in [3.63, 3.8) is 0 Å². The molecule has 3 heteroatoms. The van der Waals surface area contributed by atoms with Gasteiger partial charge in [0.2, 0.25) is 0 Å². The molecule has 0 unspecified atom stereocenters. The van der Waals surface area contributed by atoms with Gasteiger partial charge in [-0.15, -0.1) is 0 Å². The minimum absolute atomic E-state index is 0.279. The summed E-state index contributed by atoms with van der Waals surface area (Å²) >= 11 is 3.56. The van der Waals surface area contributed by atoms with E-state index in [9.17, 15) is 5.11 Å². The molecular weight excluding hydrogens is 278 g/mol. The lowest BCUT2D eigenvalue weighted by atomic mass is 9.71. The Morgan fingerprint density at radius 2 is 1.88 bits per heavy atom. The van der Waals surface area contributed by atoms with E-state index in [-0.39, 0.29) is 5.54 Å². The van der Waals surface area contributed by atoms with Crippen LogP contribution < -0.4 is 5.73 Å². The first-order valence-corrected chi connectivity index (χ1v) is 7.24. The molecule has 0 heterocycles. The molecular formula is C14H18BrNO. The summed E-state index contributed by atoms with van der Waals surface area (Å²) in [4.78, 5) is 0. The molecule has 0 radical (unpaired) electrons. The van der Waals surface area contributed by atoms with Crippen LogP contribution in [0.4, 0.5) is 0 Å². The van der Waals surface area contributed by atoms with Gasteiger partial charge in [0, 0.05) is 11.1 Å². The van der Waals surface area contributed by atoms with Gasteiger partial charge in [-0.2, -0.15) is 0 Å². The first-order valence-electron chi connectivity index (χ1n) is 6.44. The van der Waals surface area contributed by atoms with Crippen LogP contribution in [-0.4, -0.2) is 5.11 Å². The van der Waals surface area contributed by atoms with Crippen LogP contribution in [-0.2, 0) is 18.4 Å². The van der Waals surface area contributed by atoms with Crippen LogP contribution >= 0.6 is 15.9 Å². The fourth-order valence-corrected chi connectivity index (χ4v) is 3.72. The Morgan fingerprint density at radius 3 is 2.53 bits per heavy atom. The lowest BCUT2D eigenvalue weighted by molar-refractivity contribution is 0.245. The summed E-state index contributed by atoms with van der Waals surface area (Å²) in [5.41, 5.74) is 9.70. The molecule has 92 valence electrons. The topological polar surface area (TPSA) is 46.2 Å². The zero-order valence-corrected chi connectivity index (χ0v) is 11.5. The van der Waals surface area contributed by atoms with Gasteiger partial charge in [-0.25, -0.2) is 0 Å². The van der Waals surface area contributed by atoms with E-state index in [1.54, 1.807) is 0 Å². The summed E-state index contributed by atoms with van der Waals surface area (Å²) < 4.78 is 0.890. The fraction of sp³-hybridized carbons (Fsp3) is 0.571. The molecule has 0 atom stereocenters. The Hall–Kier alpha value is -0.540. The highest BCUT2D eigenvalue weighted by Gasteiger charge is 2.38. The third kappa shape index (κ3) is 1.71. The molecule has 1 saturated carbocycles. The number of phenolic OH excluding ortho intramolecular Hbond substituents is 1. The van der Waals surface area contributed by atoms with Crippen LogP contribution in [0.5, 0.6) is 5.75 Å². The SMILES string of the molecule is NC1(c2cc3c(c(Br)c2O)CCCC3)CCC1. The maximum absolute atomic E-state index is 10.3. The predicted octanol–water partition coefficient (Wildman–Crippen LogP) is 3.37. The second-order valence-corrected chi connectivity index (χ2v) is 6.23. The minimum atomic E-state index is -0.279. The Morgan fingerprint density at radius 1 is 1.18 bits per heavy atom. The van der Waals surface area contributed by atoms with Gasteiger partial charge < -0.3 is 10.8 Å². The lowest BCUT2D eigenvalue weighted by Gasteiger charge is -2.40. The number of aryl methyl sites for hydroxylation is 1. The number of nitrogens with two attached hydrogens (primary N) is 1. The van der Waals surface area contributed by atoms with Crippen LogP contribution in [0.2, 0.25) is 0 Å². The van der Waals surface area contributed by atoms with Crippen LogP contribution in [0.15, 0.2) is 10.5 Å². The second kappa shape index (κ2) is 3.99. The second-order valence-electron chi connectivity index (χ2n) is 5.44. The van der Waals surface area contributed by atoms with E-state index in [1.165, 1.54) is 30.4 Å². The molecule has 0 aromatic heterocycles. The molecule has 1 aromatic carbocycles. The first kappa shape index (κ1) is 11.5. The quantitative estimate of drug-likeness (QED) is 0.834. The van der Waals surface area contributed by atoms with Crippen LogP contribution in [0.1, 0.15) is 48.8 Å². The van der Waals surface area contributed by atoms with Gasteiger partial charge in [0.25, 0.3) is 0 Å². The molecule has 1 aromatic rings. The Kier molecular flexibility index (Phi) is 2.71. The number of rotatable bonds is 1. The van der Waals surface area contributed by atoms with Gasteiger partial charge in [-0.05, 0) is 78.1 Å². The number of fused-ring (bicyclic) bond motifs is 1. The van der Waals surface area contributed by atoms with Crippen molar-refractivity contribution in [3.05, 3.63) is 27.2 Å².